The first-order valence-electron chi connectivity index (χ1n) is 9.15. The minimum atomic E-state index is -4.46. The number of nitrogens with zero attached hydrogens (tertiary/aromatic N) is 1. The molecule has 29 heavy (non-hydrogen) atoms. The summed E-state index contributed by atoms with van der Waals surface area (Å²) in [5.41, 5.74) is 3.05. The quantitative estimate of drug-likeness (QED) is 0.584. The van der Waals surface area contributed by atoms with Gasteiger partial charge in [0.1, 0.15) is 12.0 Å². The summed E-state index contributed by atoms with van der Waals surface area (Å²) >= 11 is 0. The molecule has 4 N–H and O–H groups in total. The fourth-order valence-corrected chi connectivity index (χ4v) is 3.50. The van der Waals surface area contributed by atoms with E-state index < -0.39 is 17.8 Å². The zero-order valence-corrected chi connectivity index (χ0v) is 15.5. The molecule has 1 aromatic rings. The molecule has 0 spiro atoms. The lowest BCUT2D eigenvalue weighted by Crippen LogP contribution is -2.52. The second-order valence-electron chi connectivity index (χ2n) is 6.91. The molecule has 1 amide bonds. The number of nitrogens with one attached hydrogen (secondary N) is 4. The Balaban J connectivity index is 1.53. The number of dihydropyridines is 1. The van der Waals surface area contributed by atoms with Crippen LogP contribution in [0, 0.1) is 0 Å². The molecule has 1 aromatic carbocycles. The van der Waals surface area contributed by atoms with E-state index in [-0.39, 0.29) is 23.7 Å². The van der Waals surface area contributed by atoms with Gasteiger partial charge in [-0.25, -0.2) is 5.43 Å². The minimum absolute atomic E-state index is 0.116. The molecule has 0 aromatic heterocycles. The first-order valence-corrected chi connectivity index (χ1v) is 9.15. The Kier molecular flexibility index (Phi) is 4.83. The first-order chi connectivity index (χ1) is 13.8. The lowest BCUT2D eigenvalue weighted by atomic mass is 9.99. The topological polar surface area (TPSA) is 68.4 Å². The largest absolute Gasteiger partial charge is 0.416 e. The van der Waals surface area contributed by atoms with Gasteiger partial charge in [0.05, 0.1) is 17.6 Å². The van der Waals surface area contributed by atoms with Crippen LogP contribution in [0.15, 0.2) is 72.4 Å². The number of alkyl halides is 3. The summed E-state index contributed by atoms with van der Waals surface area (Å²) in [6, 6.07) is 4.61. The standard InChI is InChI=1S/C20H20F3N5O/c1-12-13(6-4-10-24-12)19(29)26-18-11-25-17-9-8-16(27-28(17)18)14-5-2-3-7-15(14)20(21,22)23/h2-12,16-17,24-25,27H,1H3,(H,26,29). The number of fused-ring (bicyclic) bond motifs is 1. The third-order valence-corrected chi connectivity index (χ3v) is 4.98. The fourth-order valence-electron chi connectivity index (χ4n) is 3.50. The maximum Gasteiger partial charge on any atom is 0.416 e. The average Bonchev–Trinajstić information content (AvgIpc) is 3.09. The van der Waals surface area contributed by atoms with Gasteiger partial charge in [0.2, 0.25) is 0 Å². The van der Waals surface area contributed by atoms with Crippen molar-refractivity contribution >= 4 is 5.91 Å². The highest BCUT2D eigenvalue weighted by Crippen LogP contribution is 2.36. The highest BCUT2D eigenvalue weighted by molar-refractivity contribution is 5.96. The van der Waals surface area contributed by atoms with Crippen LogP contribution in [0.25, 0.3) is 0 Å². The van der Waals surface area contributed by atoms with Gasteiger partial charge in [0.25, 0.3) is 5.91 Å². The first kappa shape index (κ1) is 19.1. The zero-order chi connectivity index (χ0) is 20.6. The van der Waals surface area contributed by atoms with E-state index in [9.17, 15) is 18.0 Å². The molecule has 9 heteroatoms. The van der Waals surface area contributed by atoms with Gasteiger partial charge in [-0.1, -0.05) is 30.4 Å². The van der Waals surface area contributed by atoms with E-state index in [1.54, 1.807) is 47.8 Å². The van der Waals surface area contributed by atoms with Crippen LogP contribution in [0.4, 0.5) is 13.2 Å². The number of benzene rings is 1. The summed E-state index contributed by atoms with van der Waals surface area (Å²) in [6.07, 6.45) is 5.52. The smallest absolute Gasteiger partial charge is 0.384 e. The molecule has 6 nitrogen and oxygen atoms in total. The summed E-state index contributed by atoms with van der Waals surface area (Å²) in [4.78, 5) is 12.6. The number of hydrogen-bond acceptors (Lipinski definition) is 5. The summed E-state index contributed by atoms with van der Waals surface area (Å²) < 4.78 is 40.2. The third kappa shape index (κ3) is 3.73. The van der Waals surface area contributed by atoms with Gasteiger partial charge >= 0.3 is 6.18 Å². The number of amides is 1. The third-order valence-electron chi connectivity index (χ3n) is 4.98. The molecule has 0 saturated heterocycles. The highest BCUT2D eigenvalue weighted by Gasteiger charge is 2.37. The summed E-state index contributed by atoms with van der Waals surface area (Å²) in [5, 5.41) is 10.6. The van der Waals surface area contributed by atoms with Gasteiger partial charge in [-0.15, -0.1) is 0 Å². The van der Waals surface area contributed by atoms with Crippen LogP contribution in [-0.4, -0.2) is 23.1 Å². The molecule has 3 aliphatic heterocycles. The molecule has 0 saturated carbocycles. The van der Waals surface area contributed by atoms with E-state index in [1.165, 1.54) is 12.1 Å². The summed E-state index contributed by atoms with van der Waals surface area (Å²) in [7, 11) is 0. The average molecular weight is 403 g/mol. The lowest BCUT2D eigenvalue weighted by Gasteiger charge is -2.35. The van der Waals surface area contributed by atoms with Gasteiger partial charge in [0, 0.05) is 11.8 Å². The van der Waals surface area contributed by atoms with Crippen molar-refractivity contribution < 1.29 is 18.0 Å². The van der Waals surface area contributed by atoms with Crippen LogP contribution in [0.5, 0.6) is 0 Å². The van der Waals surface area contributed by atoms with E-state index >= 15 is 0 Å². The zero-order valence-electron chi connectivity index (χ0n) is 15.5. The van der Waals surface area contributed by atoms with E-state index in [0.717, 1.165) is 6.07 Å². The molecule has 0 aliphatic carbocycles. The molecule has 3 atom stereocenters. The van der Waals surface area contributed by atoms with Crippen molar-refractivity contribution in [2.24, 2.45) is 0 Å². The molecule has 0 bridgehead atoms. The second-order valence-corrected chi connectivity index (χ2v) is 6.91. The molecule has 0 radical (unpaired) electrons. The predicted octanol–water partition coefficient (Wildman–Crippen LogP) is 2.40. The van der Waals surface area contributed by atoms with Gasteiger partial charge in [0.15, 0.2) is 0 Å². The van der Waals surface area contributed by atoms with E-state index in [2.05, 4.69) is 21.4 Å². The van der Waals surface area contributed by atoms with Crippen LogP contribution in [0.3, 0.4) is 0 Å². The Labute approximate surface area is 165 Å². The van der Waals surface area contributed by atoms with E-state index in [0.29, 0.717) is 11.4 Å². The van der Waals surface area contributed by atoms with Gasteiger partial charge in [-0.05, 0) is 36.9 Å². The van der Waals surface area contributed by atoms with Crippen LogP contribution in [0.2, 0.25) is 0 Å². The van der Waals surface area contributed by atoms with Crippen molar-refractivity contribution in [2.75, 3.05) is 0 Å². The number of carbonyl (C=O) groups excluding carboxylic acids is 1. The molecular weight excluding hydrogens is 383 g/mol. The second kappa shape index (κ2) is 7.32. The Morgan fingerprint density at radius 2 is 1.97 bits per heavy atom. The van der Waals surface area contributed by atoms with E-state index in [4.69, 9.17) is 0 Å². The lowest BCUT2D eigenvalue weighted by molar-refractivity contribution is -0.138. The van der Waals surface area contributed by atoms with Crippen LogP contribution in [-0.2, 0) is 11.0 Å². The molecule has 3 heterocycles. The minimum Gasteiger partial charge on any atom is -0.384 e. The predicted molar refractivity (Wildman–Crippen MR) is 101 cm³/mol. The molecular formula is C20H20F3N5O. The Morgan fingerprint density at radius 1 is 1.17 bits per heavy atom. The molecule has 152 valence electrons. The number of rotatable bonds is 3. The number of carbonyl (C=O) groups is 1. The number of hydrazine groups is 1. The monoisotopic (exact) mass is 403 g/mol. The van der Waals surface area contributed by atoms with Crippen molar-refractivity contribution in [3.63, 3.8) is 0 Å². The maximum atomic E-state index is 13.4. The molecule has 0 fully saturated rings. The number of allylic oxidation sites excluding steroid dienone is 2. The van der Waals surface area contributed by atoms with Crippen molar-refractivity contribution in [2.45, 2.75) is 31.3 Å². The normalized spacial score (nSPS) is 25.5. The van der Waals surface area contributed by atoms with Gasteiger partial charge in [-0.3, -0.25) is 9.80 Å². The molecule has 3 aliphatic rings. The van der Waals surface area contributed by atoms with Crippen molar-refractivity contribution in [1.82, 2.24) is 26.4 Å². The van der Waals surface area contributed by atoms with Crippen LogP contribution < -0.4 is 21.4 Å². The fraction of sp³-hybridized carbons (Fsp3) is 0.250. The molecule has 4 rings (SSSR count). The van der Waals surface area contributed by atoms with Crippen LogP contribution >= 0.6 is 0 Å². The maximum absolute atomic E-state index is 13.4. The van der Waals surface area contributed by atoms with Gasteiger partial charge in [-0.2, -0.15) is 13.2 Å². The summed E-state index contributed by atoms with van der Waals surface area (Å²) in [5.74, 6) is 0.146. The van der Waals surface area contributed by atoms with Gasteiger partial charge < -0.3 is 16.0 Å². The summed E-state index contributed by atoms with van der Waals surface area (Å²) in [6.45, 7) is 1.87. The van der Waals surface area contributed by atoms with Crippen molar-refractivity contribution in [3.8, 4) is 0 Å². The Morgan fingerprint density at radius 3 is 2.72 bits per heavy atom. The van der Waals surface area contributed by atoms with Crippen LogP contribution in [0.1, 0.15) is 24.1 Å². The molecule has 3 unspecified atom stereocenters. The Hall–Kier alpha value is -3.20. The SMILES string of the molecule is CC1NC=CC=C1C(=O)NC1=CNC2C=CC(c3ccccc3C(F)(F)F)NN12. The van der Waals surface area contributed by atoms with Crippen molar-refractivity contribution in [3.05, 3.63) is 83.5 Å². The van der Waals surface area contributed by atoms with E-state index in [1.807, 2.05) is 6.92 Å². The van der Waals surface area contributed by atoms with Crippen molar-refractivity contribution in [1.29, 1.82) is 0 Å². The number of hydrogen-bond donors (Lipinski definition) is 4. The Bertz CT molecular complexity index is 934. The number of halogens is 3. The highest BCUT2D eigenvalue weighted by atomic mass is 19.4.